The van der Waals surface area contributed by atoms with Crippen LogP contribution in [0.15, 0.2) is 30.3 Å². The molecule has 0 fully saturated rings. The average molecular weight is 317 g/mol. The molecular weight excluding hydrogens is 301 g/mol. The van der Waals surface area contributed by atoms with Gasteiger partial charge in [0.2, 0.25) is 11.9 Å². The van der Waals surface area contributed by atoms with Gasteiger partial charge in [-0.3, -0.25) is 0 Å². The molecule has 0 aliphatic carbocycles. The van der Waals surface area contributed by atoms with Crippen molar-refractivity contribution in [1.29, 1.82) is 0 Å². The molecule has 23 heavy (non-hydrogen) atoms. The predicted molar refractivity (Wildman–Crippen MR) is 83.8 cm³/mol. The van der Waals surface area contributed by atoms with E-state index in [9.17, 15) is 9.18 Å². The number of aromatic nitrogens is 3. The largest absolute Gasteiger partial charge is 0.454 e. The van der Waals surface area contributed by atoms with Crippen LogP contribution >= 0.6 is 0 Å². The summed E-state index contributed by atoms with van der Waals surface area (Å²) in [7, 11) is 3.50. The highest BCUT2D eigenvalue weighted by Gasteiger charge is 2.08. The van der Waals surface area contributed by atoms with Crippen molar-refractivity contribution in [3.63, 3.8) is 0 Å². The number of hydrogen-bond acceptors (Lipinski definition) is 7. The summed E-state index contributed by atoms with van der Waals surface area (Å²) in [6.07, 6.45) is 2.47. The fourth-order valence-electron chi connectivity index (χ4n) is 1.64. The van der Waals surface area contributed by atoms with E-state index in [1.807, 2.05) is 0 Å². The number of halogens is 1. The highest BCUT2D eigenvalue weighted by Crippen LogP contribution is 2.09. The van der Waals surface area contributed by atoms with Crippen LogP contribution in [0.4, 0.5) is 16.3 Å². The molecule has 1 aromatic carbocycles. The maximum atomic E-state index is 13.4. The van der Waals surface area contributed by atoms with Crippen LogP contribution in [0.1, 0.15) is 11.4 Å². The lowest BCUT2D eigenvalue weighted by molar-refractivity contribution is -0.139. The molecule has 0 saturated carbocycles. The van der Waals surface area contributed by atoms with Crippen molar-refractivity contribution < 1.29 is 13.9 Å². The van der Waals surface area contributed by atoms with Crippen LogP contribution < -0.4 is 10.6 Å². The Morgan fingerprint density at radius 2 is 2.04 bits per heavy atom. The molecule has 0 aliphatic heterocycles. The van der Waals surface area contributed by atoms with Gasteiger partial charge in [-0.1, -0.05) is 18.2 Å². The lowest BCUT2D eigenvalue weighted by Crippen LogP contribution is -2.17. The summed E-state index contributed by atoms with van der Waals surface area (Å²) in [4.78, 5) is 25.2. The lowest BCUT2D eigenvalue weighted by atomic mass is 10.2. The number of ether oxygens (including phenoxy) is 1. The van der Waals surface area contributed by atoms with Crippen molar-refractivity contribution in [1.82, 2.24) is 15.0 Å². The lowest BCUT2D eigenvalue weighted by Gasteiger charge is -2.11. The molecule has 0 atom stereocenters. The topological polar surface area (TPSA) is 94.2 Å². The zero-order valence-corrected chi connectivity index (χ0v) is 12.7. The Morgan fingerprint density at radius 1 is 1.30 bits per heavy atom. The second kappa shape index (κ2) is 7.30. The number of nitrogens with zero attached hydrogens (tertiary/aromatic N) is 4. The zero-order chi connectivity index (χ0) is 16.8. The minimum atomic E-state index is -0.640. The predicted octanol–water partition coefficient (Wildman–Crippen LogP) is 1.42. The molecule has 0 radical (unpaired) electrons. The third kappa shape index (κ3) is 4.73. The Hall–Kier alpha value is -3.03. The Bertz CT molecular complexity index is 734. The maximum absolute atomic E-state index is 13.4. The quantitative estimate of drug-likeness (QED) is 0.658. The average Bonchev–Trinajstić information content (AvgIpc) is 2.51. The van der Waals surface area contributed by atoms with Crippen molar-refractivity contribution >= 4 is 23.9 Å². The summed E-state index contributed by atoms with van der Waals surface area (Å²) in [5.41, 5.74) is 5.87. The Kier molecular flexibility index (Phi) is 5.19. The first-order chi connectivity index (χ1) is 11.0. The van der Waals surface area contributed by atoms with Crippen LogP contribution in [0.2, 0.25) is 0 Å². The molecule has 120 valence electrons. The van der Waals surface area contributed by atoms with Crippen LogP contribution in [0.25, 0.3) is 6.08 Å². The number of carbonyl (C=O) groups is 1. The van der Waals surface area contributed by atoms with E-state index in [4.69, 9.17) is 10.5 Å². The van der Waals surface area contributed by atoms with Crippen LogP contribution in [-0.2, 0) is 16.1 Å². The minimum absolute atomic E-state index is 0.0386. The Balaban J connectivity index is 1.98. The molecular formula is C15H16FN5O2. The summed E-state index contributed by atoms with van der Waals surface area (Å²) < 4.78 is 18.4. The SMILES string of the molecule is CN(C)c1nc(N)nc(COC(=O)/C=C/c2ccccc2F)n1. The number of nitrogen functional groups attached to an aromatic ring is 1. The summed E-state index contributed by atoms with van der Waals surface area (Å²) in [5.74, 6) is -0.424. The van der Waals surface area contributed by atoms with Crippen molar-refractivity contribution in [2.45, 2.75) is 6.61 Å². The number of hydrogen-bond donors (Lipinski definition) is 1. The fraction of sp³-hybridized carbons (Fsp3) is 0.200. The van der Waals surface area contributed by atoms with Gasteiger partial charge < -0.3 is 15.4 Å². The van der Waals surface area contributed by atoms with E-state index >= 15 is 0 Å². The van der Waals surface area contributed by atoms with E-state index in [-0.39, 0.29) is 18.4 Å². The fourth-order valence-corrected chi connectivity index (χ4v) is 1.64. The summed E-state index contributed by atoms with van der Waals surface area (Å²) in [6, 6.07) is 6.10. The van der Waals surface area contributed by atoms with E-state index in [0.29, 0.717) is 11.5 Å². The van der Waals surface area contributed by atoms with Gasteiger partial charge in [-0.15, -0.1) is 0 Å². The van der Waals surface area contributed by atoms with Gasteiger partial charge >= 0.3 is 5.97 Å². The molecule has 0 spiro atoms. The van der Waals surface area contributed by atoms with Gasteiger partial charge in [-0.2, -0.15) is 15.0 Å². The Morgan fingerprint density at radius 3 is 2.74 bits per heavy atom. The third-order valence-corrected chi connectivity index (χ3v) is 2.73. The van der Waals surface area contributed by atoms with E-state index in [1.54, 1.807) is 37.2 Å². The first-order valence-corrected chi connectivity index (χ1v) is 6.73. The summed E-state index contributed by atoms with van der Waals surface area (Å²) >= 11 is 0. The van der Waals surface area contributed by atoms with Crippen molar-refractivity contribution in [3.05, 3.63) is 47.5 Å². The minimum Gasteiger partial charge on any atom is -0.454 e. The van der Waals surface area contributed by atoms with Gasteiger partial charge in [-0.05, 0) is 12.1 Å². The number of carbonyl (C=O) groups excluding carboxylic acids is 1. The highest BCUT2D eigenvalue weighted by molar-refractivity contribution is 5.87. The molecule has 0 amide bonds. The first kappa shape index (κ1) is 16.3. The van der Waals surface area contributed by atoms with E-state index in [0.717, 1.165) is 6.08 Å². The second-order valence-electron chi connectivity index (χ2n) is 4.77. The van der Waals surface area contributed by atoms with Gasteiger partial charge in [-0.25, -0.2) is 9.18 Å². The van der Waals surface area contributed by atoms with Crippen LogP contribution in [0.3, 0.4) is 0 Å². The maximum Gasteiger partial charge on any atom is 0.331 e. The standard InChI is InChI=1S/C15H16FN5O2/c1-21(2)15-19-12(18-14(17)20-15)9-23-13(22)8-7-10-5-3-4-6-11(10)16/h3-8H,9H2,1-2H3,(H2,17,18,19,20)/b8-7+. The number of benzene rings is 1. The number of rotatable bonds is 5. The van der Waals surface area contributed by atoms with Crippen LogP contribution in [-0.4, -0.2) is 35.0 Å². The molecule has 1 aromatic heterocycles. The summed E-state index contributed by atoms with van der Waals surface area (Å²) in [5, 5.41) is 0. The monoisotopic (exact) mass is 317 g/mol. The van der Waals surface area contributed by atoms with Gasteiger partial charge in [0.05, 0.1) is 0 Å². The number of nitrogens with two attached hydrogens (primary N) is 1. The normalized spacial score (nSPS) is 10.7. The smallest absolute Gasteiger partial charge is 0.331 e. The van der Waals surface area contributed by atoms with E-state index in [2.05, 4.69) is 15.0 Å². The molecule has 0 aliphatic rings. The molecule has 2 rings (SSSR count). The van der Waals surface area contributed by atoms with Gasteiger partial charge in [0, 0.05) is 25.7 Å². The molecule has 8 heteroatoms. The van der Waals surface area contributed by atoms with E-state index in [1.165, 1.54) is 12.1 Å². The second-order valence-corrected chi connectivity index (χ2v) is 4.77. The molecule has 2 aromatic rings. The van der Waals surface area contributed by atoms with Crippen molar-refractivity contribution in [2.24, 2.45) is 0 Å². The summed E-state index contributed by atoms with van der Waals surface area (Å²) in [6.45, 7) is -0.159. The molecule has 7 nitrogen and oxygen atoms in total. The Labute approximate surface area is 132 Å². The molecule has 0 bridgehead atoms. The first-order valence-electron chi connectivity index (χ1n) is 6.73. The molecule has 1 heterocycles. The van der Waals surface area contributed by atoms with Crippen LogP contribution in [0, 0.1) is 5.82 Å². The number of esters is 1. The highest BCUT2D eigenvalue weighted by atomic mass is 19.1. The van der Waals surface area contributed by atoms with E-state index < -0.39 is 11.8 Å². The van der Waals surface area contributed by atoms with Gasteiger partial charge in [0.25, 0.3) is 0 Å². The number of anilines is 2. The zero-order valence-electron chi connectivity index (χ0n) is 12.7. The van der Waals surface area contributed by atoms with Crippen molar-refractivity contribution in [3.8, 4) is 0 Å². The van der Waals surface area contributed by atoms with Crippen LogP contribution in [0.5, 0.6) is 0 Å². The third-order valence-electron chi connectivity index (χ3n) is 2.73. The van der Waals surface area contributed by atoms with Gasteiger partial charge in [0.1, 0.15) is 5.82 Å². The van der Waals surface area contributed by atoms with Crippen molar-refractivity contribution in [2.75, 3.05) is 24.7 Å². The molecule has 0 saturated heterocycles. The van der Waals surface area contributed by atoms with Gasteiger partial charge in [0.15, 0.2) is 12.4 Å². The molecule has 2 N–H and O–H groups in total. The molecule has 0 unspecified atom stereocenters.